The number of hydrogen-bond donors (Lipinski definition) is 0. The molecule has 2 heteroatoms. The second-order valence-corrected chi connectivity index (χ2v) is 3.49. The predicted molar refractivity (Wildman–Crippen MR) is 48.8 cm³/mol. The highest BCUT2D eigenvalue weighted by Gasteiger charge is 2.02. The fourth-order valence-electron chi connectivity index (χ4n) is 0.973. The van der Waals surface area contributed by atoms with Gasteiger partial charge in [-0.25, -0.2) is 0 Å². The fourth-order valence-corrected chi connectivity index (χ4v) is 1.23. The van der Waals surface area contributed by atoms with E-state index in [1.54, 1.807) is 11.8 Å². The first-order valence-electron chi connectivity index (χ1n) is 3.58. The molecule has 1 heterocycles. The first kappa shape index (κ1) is 7.86. The number of hydrogen-bond acceptors (Lipinski definition) is 2. The maximum atomic E-state index is 4.35. The standard InChI is InChI=1S/C8H13NS/c1-7(10-2)6-8-4-3-5-9-8/h6H,3-5H2,1-2H3/b7-6+. The summed E-state index contributed by atoms with van der Waals surface area (Å²) >= 11 is 1.79. The monoisotopic (exact) mass is 155 g/mol. The van der Waals surface area contributed by atoms with E-state index in [9.17, 15) is 0 Å². The second-order valence-electron chi connectivity index (χ2n) is 2.44. The van der Waals surface area contributed by atoms with Crippen molar-refractivity contribution in [3.63, 3.8) is 0 Å². The molecule has 0 aliphatic carbocycles. The highest BCUT2D eigenvalue weighted by molar-refractivity contribution is 8.02. The van der Waals surface area contributed by atoms with Crippen LogP contribution in [0, 0.1) is 0 Å². The van der Waals surface area contributed by atoms with Gasteiger partial charge in [0.1, 0.15) is 0 Å². The zero-order valence-corrected chi connectivity index (χ0v) is 7.37. The van der Waals surface area contributed by atoms with Crippen LogP contribution in [-0.4, -0.2) is 18.5 Å². The fraction of sp³-hybridized carbons (Fsp3) is 0.625. The Morgan fingerprint density at radius 1 is 1.70 bits per heavy atom. The largest absolute Gasteiger partial charge is 0.290 e. The summed E-state index contributed by atoms with van der Waals surface area (Å²) < 4.78 is 0. The molecule has 0 fully saturated rings. The van der Waals surface area contributed by atoms with Crippen molar-refractivity contribution in [3.8, 4) is 0 Å². The minimum Gasteiger partial charge on any atom is -0.290 e. The number of rotatable bonds is 2. The summed E-state index contributed by atoms with van der Waals surface area (Å²) in [6.45, 7) is 3.17. The van der Waals surface area contributed by atoms with E-state index in [1.807, 2.05) is 0 Å². The molecular formula is C8H13NS. The van der Waals surface area contributed by atoms with Gasteiger partial charge in [0.2, 0.25) is 0 Å². The smallest absolute Gasteiger partial charge is 0.0396 e. The summed E-state index contributed by atoms with van der Waals surface area (Å²) in [4.78, 5) is 5.71. The average Bonchev–Trinajstić information content (AvgIpc) is 2.40. The lowest BCUT2D eigenvalue weighted by Gasteiger charge is -1.93. The van der Waals surface area contributed by atoms with Crippen molar-refractivity contribution in [2.24, 2.45) is 4.99 Å². The molecule has 10 heavy (non-hydrogen) atoms. The van der Waals surface area contributed by atoms with Crippen LogP contribution >= 0.6 is 11.8 Å². The van der Waals surface area contributed by atoms with E-state index < -0.39 is 0 Å². The van der Waals surface area contributed by atoms with Gasteiger partial charge in [-0.05, 0) is 37.0 Å². The molecule has 1 aliphatic rings. The minimum absolute atomic E-state index is 1.04. The molecule has 0 N–H and O–H groups in total. The quantitative estimate of drug-likeness (QED) is 0.596. The lowest BCUT2D eigenvalue weighted by molar-refractivity contribution is 0.951. The highest BCUT2D eigenvalue weighted by atomic mass is 32.2. The van der Waals surface area contributed by atoms with Crippen molar-refractivity contribution in [2.75, 3.05) is 12.8 Å². The van der Waals surface area contributed by atoms with Crippen LogP contribution in [0.3, 0.4) is 0 Å². The molecule has 0 saturated heterocycles. The van der Waals surface area contributed by atoms with Crippen LogP contribution in [0.1, 0.15) is 19.8 Å². The van der Waals surface area contributed by atoms with E-state index in [0.717, 1.165) is 6.54 Å². The summed E-state index contributed by atoms with van der Waals surface area (Å²) in [5.41, 5.74) is 1.28. The van der Waals surface area contributed by atoms with Gasteiger partial charge in [-0.2, -0.15) is 0 Å². The molecule has 0 bridgehead atoms. The van der Waals surface area contributed by atoms with Crippen molar-refractivity contribution in [1.29, 1.82) is 0 Å². The molecule has 0 spiro atoms. The molecule has 1 rings (SSSR count). The molecule has 56 valence electrons. The Hall–Kier alpha value is -0.240. The van der Waals surface area contributed by atoms with Gasteiger partial charge < -0.3 is 0 Å². The average molecular weight is 155 g/mol. The van der Waals surface area contributed by atoms with Gasteiger partial charge in [0.05, 0.1) is 0 Å². The third kappa shape index (κ3) is 2.18. The van der Waals surface area contributed by atoms with Crippen LogP contribution < -0.4 is 0 Å². The lowest BCUT2D eigenvalue weighted by Crippen LogP contribution is -1.85. The van der Waals surface area contributed by atoms with Gasteiger partial charge in [-0.3, -0.25) is 4.99 Å². The van der Waals surface area contributed by atoms with E-state index in [4.69, 9.17) is 0 Å². The van der Waals surface area contributed by atoms with Crippen molar-refractivity contribution in [2.45, 2.75) is 19.8 Å². The summed E-state index contributed by atoms with van der Waals surface area (Å²) in [7, 11) is 0. The number of thioether (sulfide) groups is 1. The zero-order chi connectivity index (χ0) is 7.40. The van der Waals surface area contributed by atoms with Gasteiger partial charge in [0.25, 0.3) is 0 Å². The predicted octanol–water partition coefficient (Wildman–Crippen LogP) is 2.49. The lowest BCUT2D eigenvalue weighted by atomic mass is 10.2. The Bertz CT molecular complexity index is 170. The van der Waals surface area contributed by atoms with Gasteiger partial charge in [0.15, 0.2) is 0 Å². The third-order valence-corrected chi connectivity index (χ3v) is 2.36. The van der Waals surface area contributed by atoms with Gasteiger partial charge in [0, 0.05) is 12.3 Å². The van der Waals surface area contributed by atoms with Crippen molar-refractivity contribution in [3.05, 3.63) is 11.0 Å². The third-order valence-electron chi connectivity index (χ3n) is 1.60. The van der Waals surface area contributed by atoms with E-state index in [0.29, 0.717) is 0 Å². The molecule has 0 saturated carbocycles. The van der Waals surface area contributed by atoms with Gasteiger partial charge in [-0.1, -0.05) is 0 Å². The van der Waals surface area contributed by atoms with Crippen LogP contribution in [0.2, 0.25) is 0 Å². The SMILES string of the molecule is CS/C(C)=C/C1=NCCC1. The van der Waals surface area contributed by atoms with Crippen LogP contribution in [0.5, 0.6) is 0 Å². The molecule has 0 aromatic rings. The Morgan fingerprint density at radius 3 is 3.00 bits per heavy atom. The summed E-state index contributed by atoms with van der Waals surface area (Å²) in [5.74, 6) is 0. The second kappa shape index (κ2) is 3.81. The summed E-state index contributed by atoms with van der Waals surface area (Å²) in [6.07, 6.45) is 6.71. The maximum Gasteiger partial charge on any atom is 0.0396 e. The molecule has 1 aliphatic heterocycles. The first-order chi connectivity index (χ1) is 4.83. The Balaban J connectivity index is 2.50. The molecule has 1 nitrogen and oxygen atoms in total. The first-order valence-corrected chi connectivity index (χ1v) is 4.81. The number of aliphatic imine (C=N–C) groups is 1. The number of allylic oxidation sites excluding steroid dienone is 2. The molecule has 0 radical (unpaired) electrons. The molecule has 0 unspecified atom stereocenters. The molecular weight excluding hydrogens is 142 g/mol. The van der Waals surface area contributed by atoms with E-state index in [1.165, 1.54) is 23.5 Å². The van der Waals surface area contributed by atoms with Crippen molar-refractivity contribution < 1.29 is 0 Å². The van der Waals surface area contributed by atoms with E-state index in [-0.39, 0.29) is 0 Å². The van der Waals surface area contributed by atoms with Crippen LogP contribution in [0.25, 0.3) is 0 Å². The molecule has 0 amide bonds. The summed E-state index contributed by atoms with van der Waals surface area (Å²) in [5, 5.41) is 0. The maximum absolute atomic E-state index is 4.35. The Morgan fingerprint density at radius 2 is 2.50 bits per heavy atom. The Kier molecular flexibility index (Phi) is 3.00. The topological polar surface area (TPSA) is 12.4 Å². The van der Waals surface area contributed by atoms with Crippen molar-refractivity contribution >= 4 is 17.5 Å². The van der Waals surface area contributed by atoms with Crippen molar-refractivity contribution in [1.82, 2.24) is 0 Å². The zero-order valence-electron chi connectivity index (χ0n) is 6.55. The molecule has 0 aromatic carbocycles. The normalized spacial score (nSPS) is 19.4. The Labute approximate surface area is 66.6 Å². The van der Waals surface area contributed by atoms with Gasteiger partial charge >= 0.3 is 0 Å². The van der Waals surface area contributed by atoms with E-state index >= 15 is 0 Å². The van der Waals surface area contributed by atoms with E-state index in [2.05, 4.69) is 24.2 Å². The van der Waals surface area contributed by atoms with Crippen LogP contribution in [0.15, 0.2) is 16.0 Å². The minimum atomic E-state index is 1.04. The van der Waals surface area contributed by atoms with Gasteiger partial charge in [-0.15, -0.1) is 11.8 Å². The van der Waals surface area contributed by atoms with Crippen LogP contribution in [-0.2, 0) is 0 Å². The summed E-state index contributed by atoms with van der Waals surface area (Å²) in [6, 6.07) is 0. The molecule has 0 aromatic heterocycles. The number of nitrogens with zero attached hydrogens (tertiary/aromatic N) is 1. The molecule has 0 atom stereocenters. The highest BCUT2D eigenvalue weighted by Crippen LogP contribution is 2.13. The van der Waals surface area contributed by atoms with Crippen LogP contribution in [0.4, 0.5) is 0 Å².